The Labute approximate surface area is 186 Å². The molecule has 1 amide bonds. The second-order valence-electron chi connectivity index (χ2n) is 8.32. The van der Waals surface area contributed by atoms with Crippen molar-refractivity contribution in [2.75, 3.05) is 13.2 Å². The monoisotopic (exact) mass is 430 g/mol. The number of ether oxygens (including phenoxy) is 1. The molecule has 7 heteroatoms. The number of pyridine rings is 1. The Morgan fingerprint density at radius 3 is 2.88 bits per heavy atom. The number of rotatable bonds is 6. The zero-order valence-corrected chi connectivity index (χ0v) is 18.0. The molecule has 1 N–H and O–H groups in total. The highest BCUT2D eigenvalue weighted by Crippen LogP contribution is 2.26. The van der Waals surface area contributed by atoms with E-state index in [-0.39, 0.29) is 12.0 Å². The molecule has 0 radical (unpaired) electrons. The van der Waals surface area contributed by atoms with Gasteiger partial charge in [0.05, 0.1) is 35.2 Å². The van der Waals surface area contributed by atoms with E-state index in [4.69, 9.17) is 14.1 Å². The maximum Gasteiger partial charge on any atom is 0.252 e. The van der Waals surface area contributed by atoms with Crippen LogP contribution in [-0.4, -0.2) is 39.9 Å². The maximum atomic E-state index is 13.3. The number of carbonyl (C=O) groups is 1. The fraction of sp³-hybridized carbons (Fsp3) is 0.320. The van der Waals surface area contributed by atoms with Gasteiger partial charge < -0.3 is 14.5 Å². The Morgan fingerprint density at radius 2 is 2.09 bits per heavy atom. The Morgan fingerprint density at radius 1 is 1.22 bits per heavy atom. The van der Waals surface area contributed by atoms with Crippen LogP contribution < -0.4 is 5.32 Å². The van der Waals surface area contributed by atoms with Gasteiger partial charge in [-0.2, -0.15) is 5.10 Å². The van der Waals surface area contributed by atoms with Crippen LogP contribution in [0.1, 0.15) is 35.9 Å². The molecule has 0 unspecified atom stereocenters. The molecule has 0 aliphatic carbocycles. The topological polar surface area (TPSA) is 82.2 Å². The molecule has 0 saturated carbocycles. The second kappa shape index (κ2) is 8.96. The molecule has 4 heterocycles. The van der Waals surface area contributed by atoms with E-state index in [2.05, 4.69) is 17.3 Å². The number of amides is 1. The minimum absolute atomic E-state index is 0.105. The third-order valence-corrected chi connectivity index (χ3v) is 5.95. The maximum absolute atomic E-state index is 13.3. The van der Waals surface area contributed by atoms with Gasteiger partial charge in [-0.25, -0.2) is 9.67 Å². The highest BCUT2D eigenvalue weighted by molar-refractivity contribution is 6.06. The van der Waals surface area contributed by atoms with Crippen molar-refractivity contribution in [2.24, 2.45) is 5.92 Å². The molecule has 32 heavy (non-hydrogen) atoms. The number of aromatic nitrogens is 3. The lowest BCUT2D eigenvalue weighted by atomic mass is 9.96. The predicted molar refractivity (Wildman–Crippen MR) is 121 cm³/mol. The highest BCUT2D eigenvalue weighted by Gasteiger charge is 2.22. The van der Waals surface area contributed by atoms with Crippen LogP contribution in [-0.2, 0) is 11.3 Å². The average Bonchev–Trinajstić information content (AvgIpc) is 3.48. The van der Waals surface area contributed by atoms with Crippen LogP contribution in [0, 0.1) is 5.92 Å². The summed E-state index contributed by atoms with van der Waals surface area (Å²) in [6.07, 6.45) is 5.52. The molecular formula is C25H26N4O3. The Balaban J connectivity index is 1.48. The third-order valence-electron chi connectivity index (χ3n) is 5.95. The summed E-state index contributed by atoms with van der Waals surface area (Å²) in [7, 11) is 0. The Bertz CT molecular complexity index is 1200. The first-order valence-corrected chi connectivity index (χ1v) is 11.0. The molecule has 0 bridgehead atoms. The van der Waals surface area contributed by atoms with Crippen molar-refractivity contribution in [2.45, 2.75) is 32.4 Å². The zero-order valence-electron chi connectivity index (χ0n) is 18.0. The molecule has 7 nitrogen and oxygen atoms in total. The summed E-state index contributed by atoms with van der Waals surface area (Å²) in [6.45, 7) is 3.92. The van der Waals surface area contributed by atoms with E-state index in [1.165, 1.54) is 0 Å². The molecular weight excluding hydrogens is 404 g/mol. The second-order valence-corrected chi connectivity index (χ2v) is 8.32. The number of hydrogen-bond acceptors (Lipinski definition) is 5. The molecule has 5 rings (SSSR count). The van der Waals surface area contributed by atoms with Crippen molar-refractivity contribution < 1.29 is 13.9 Å². The first-order valence-electron chi connectivity index (χ1n) is 11.0. The number of fused-ring (bicyclic) bond motifs is 1. The van der Waals surface area contributed by atoms with E-state index in [1.807, 2.05) is 48.5 Å². The molecule has 1 aliphatic rings. The minimum atomic E-state index is -0.105. The van der Waals surface area contributed by atoms with Crippen molar-refractivity contribution in [3.8, 4) is 11.3 Å². The van der Waals surface area contributed by atoms with E-state index in [0.29, 0.717) is 30.2 Å². The van der Waals surface area contributed by atoms with E-state index in [9.17, 15) is 4.79 Å². The van der Waals surface area contributed by atoms with Crippen molar-refractivity contribution in [1.82, 2.24) is 20.1 Å². The number of nitrogens with one attached hydrogen (secondary N) is 1. The molecule has 2 atom stereocenters. The van der Waals surface area contributed by atoms with Crippen LogP contribution in [0.5, 0.6) is 0 Å². The van der Waals surface area contributed by atoms with Crippen molar-refractivity contribution in [3.63, 3.8) is 0 Å². The van der Waals surface area contributed by atoms with Crippen LogP contribution in [0.4, 0.5) is 0 Å². The van der Waals surface area contributed by atoms with Gasteiger partial charge in [-0.15, -0.1) is 0 Å². The summed E-state index contributed by atoms with van der Waals surface area (Å²) >= 11 is 0. The lowest BCUT2D eigenvalue weighted by Gasteiger charge is -2.27. The number of furan rings is 1. The van der Waals surface area contributed by atoms with Gasteiger partial charge in [0, 0.05) is 18.7 Å². The van der Waals surface area contributed by atoms with Gasteiger partial charge >= 0.3 is 0 Å². The molecule has 0 spiro atoms. The van der Waals surface area contributed by atoms with Gasteiger partial charge in [-0.05, 0) is 43.9 Å². The number of carbonyl (C=O) groups excluding carboxylic acids is 1. The Kier molecular flexibility index (Phi) is 5.73. The average molecular weight is 431 g/mol. The third kappa shape index (κ3) is 4.29. The number of nitrogens with zero attached hydrogens (tertiary/aromatic N) is 3. The molecule has 1 saturated heterocycles. The summed E-state index contributed by atoms with van der Waals surface area (Å²) in [4.78, 5) is 18.1. The first kappa shape index (κ1) is 20.5. The normalized spacial score (nSPS) is 18.7. The molecule has 1 aromatic carbocycles. The van der Waals surface area contributed by atoms with Gasteiger partial charge in [0.2, 0.25) is 0 Å². The first-order chi connectivity index (χ1) is 15.7. The van der Waals surface area contributed by atoms with Crippen LogP contribution >= 0.6 is 0 Å². The van der Waals surface area contributed by atoms with Gasteiger partial charge in [-0.1, -0.05) is 30.3 Å². The van der Waals surface area contributed by atoms with Crippen molar-refractivity contribution >= 4 is 16.9 Å². The number of benzene rings is 1. The van der Waals surface area contributed by atoms with Gasteiger partial charge in [0.1, 0.15) is 12.3 Å². The summed E-state index contributed by atoms with van der Waals surface area (Å²) in [5, 5.41) is 8.37. The molecule has 3 aromatic heterocycles. The van der Waals surface area contributed by atoms with Crippen molar-refractivity contribution in [3.05, 3.63) is 72.3 Å². The van der Waals surface area contributed by atoms with Gasteiger partial charge in [0.25, 0.3) is 5.91 Å². The number of hydrogen-bond donors (Lipinski definition) is 1. The molecule has 4 aromatic rings. The standard InChI is InChI=1S/C25H26N4O3/c1-17-12-18(9-11-31-17)14-26-25(30)21-13-23(19-6-3-2-4-7-19)28-24-22(21)15-27-29(24)16-20-8-5-10-32-20/h2-8,10,13,15,17-18H,9,11-12,14,16H2,1H3,(H,26,30)/t17-,18-/m1/s1. The highest BCUT2D eigenvalue weighted by atomic mass is 16.5. The van der Waals surface area contributed by atoms with Crippen LogP contribution in [0.15, 0.2) is 65.4 Å². The lowest BCUT2D eigenvalue weighted by Crippen LogP contribution is -2.34. The lowest BCUT2D eigenvalue weighted by molar-refractivity contribution is 0.00302. The molecule has 164 valence electrons. The van der Waals surface area contributed by atoms with E-state index >= 15 is 0 Å². The fourth-order valence-corrected chi connectivity index (χ4v) is 4.27. The van der Waals surface area contributed by atoms with Crippen LogP contribution in [0.2, 0.25) is 0 Å². The van der Waals surface area contributed by atoms with Crippen LogP contribution in [0.3, 0.4) is 0 Å². The zero-order chi connectivity index (χ0) is 21.9. The van der Waals surface area contributed by atoms with Crippen molar-refractivity contribution in [1.29, 1.82) is 0 Å². The summed E-state index contributed by atoms with van der Waals surface area (Å²) < 4.78 is 12.9. The summed E-state index contributed by atoms with van der Waals surface area (Å²) in [5.41, 5.74) is 2.93. The smallest absolute Gasteiger partial charge is 0.252 e. The van der Waals surface area contributed by atoms with Gasteiger partial charge in [0.15, 0.2) is 5.65 Å². The minimum Gasteiger partial charge on any atom is -0.467 e. The van der Waals surface area contributed by atoms with E-state index in [1.54, 1.807) is 17.1 Å². The van der Waals surface area contributed by atoms with Crippen LogP contribution in [0.25, 0.3) is 22.3 Å². The summed E-state index contributed by atoms with van der Waals surface area (Å²) in [6, 6.07) is 15.5. The van der Waals surface area contributed by atoms with E-state index < -0.39 is 0 Å². The summed E-state index contributed by atoms with van der Waals surface area (Å²) in [5.74, 6) is 1.10. The van der Waals surface area contributed by atoms with Gasteiger partial charge in [-0.3, -0.25) is 4.79 Å². The fourth-order valence-electron chi connectivity index (χ4n) is 4.27. The molecule has 1 aliphatic heterocycles. The predicted octanol–water partition coefficient (Wildman–Crippen LogP) is 4.28. The quantitative estimate of drug-likeness (QED) is 0.494. The Hall–Kier alpha value is -3.45. The SMILES string of the molecule is C[C@@H]1C[C@H](CNC(=O)c2cc(-c3ccccc3)nc3c2cnn3Cc2ccco2)CCO1. The largest absolute Gasteiger partial charge is 0.467 e. The molecule has 1 fully saturated rings. The van der Waals surface area contributed by atoms with E-state index in [0.717, 1.165) is 41.9 Å².